The summed E-state index contributed by atoms with van der Waals surface area (Å²) in [5.41, 5.74) is 3.60. The van der Waals surface area contributed by atoms with E-state index in [2.05, 4.69) is 102 Å². The lowest BCUT2D eigenvalue weighted by Crippen LogP contribution is -2.27. The van der Waals surface area contributed by atoms with Gasteiger partial charge in [0.1, 0.15) is 11.5 Å². The normalized spacial score (nSPS) is 13.5. The fraction of sp³-hybridized carbons (Fsp3) is 0.759. The highest BCUT2D eigenvalue weighted by atomic mass is 16.5. The molecular formula is C58H98O7. The first-order chi connectivity index (χ1) is 30.4. The summed E-state index contributed by atoms with van der Waals surface area (Å²) in [5.74, 6) is -0.414. The number of hydrogen-bond donors (Lipinski definition) is 3. The second kappa shape index (κ2) is 28.4. The number of phenols is 1. The fourth-order valence-electron chi connectivity index (χ4n) is 8.88. The number of hydrogen-bond acceptors (Lipinski definition) is 7. The van der Waals surface area contributed by atoms with Gasteiger partial charge in [0.05, 0.1) is 19.1 Å². The Kier molecular flexibility index (Phi) is 25.5. The molecule has 2 atom stereocenters. The Hall–Kier alpha value is -2.90. The van der Waals surface area contributed by atoms with Crippen molar-refractivity contribution in [3.05, 3.63) is 57.6 Å². The van der Waals surface area contributed by atoms with E-state index < -0.39 is 18.0 Å². The summed E-state index contributed by atoms with van der Waals surface area (Å²) in [6.07, 6.45) is 23.4. The number of carbonyl (C=O) groups is 2. The molecular weight excluding hydrogens is 809 g/mol. The first-order valence-electron chi connectivity index (χ1n) is 26.1. The molecule has 0 spiro atoms. The number of rotatable bonds is 30. The molecule has 0 heterocycles. The third-order valence-electron chi connectivity index (χ3n) is 13.0. The number of ether oxygens (including phenoxy) is 2. The van der Waals surface area contributed by atoms with Crippen LogP contribution in [-0.2, 0) is 42.4 Å². The van der Waals surface area contributed by atoms with Crippen LogP contribution in [0.4, 0.5) is 0 Å². The summed E-state index contributed by atoms with van der Waals surface area (Å²) in [7, 11) is 0. The van der Waals surface area contributed by atoms with Crippen LogP contribution in [0.25, 0.3) is 0 Å². The molecule has 0 aromatic heterocycles. The van der Waals surface area contributed by atoms with E-state index in [1.165, 1.54) is 89.9 Å². The molecule has 0 aliphatic carbocycles. The zero-order chi connectivity index (χ0) is 48.8. The lowest BCUT2D eigenvalue weighted by atomic mass is 9.75. The highest BCUT2D eigenvalue weighted by molar-refractivity contribution is 5.75. The second-order valence-corrected chi connectivity index (χ2v) is 23.4. The van der Waals surface area contributed by atoms with Crippen LogP contribution in [0.2, 0.25) is 0 Å². The second-order valence-electron chi connectivity index (χ2n) is 23.4. The van der Waals surface area contributed by atoms with E-state index in [1.807, 2.05) is 12.1 Å². The van der Waals surface area contributed by atoms with Gasteiger partial charge in [-0.3, -0.25) is 9.59 Å². The van der Waals surface area contributed by atoms with Crippen molar-refractivity contribution in [1.29, 1.82) is 0 Å². The molecule has 0 bridgehead atoms. The van der Waals surface area contributed by atoms with Crippen LogP contribution in [0.15, 0.2) is 24.3 Å². The van der Waals surface area contributed by atoms with Gasteiger partial charge in [0.15, 0.2) is 0 Å². The minimum atomic E-state index is -0.846. The summed E-state index contributed by atoms with van der Waals surface area (Å²) in [4.78, 5) is 27.3. The first-order valence-corrected chi connectivity index (χ1v) is 26.1. The molecule has 3 N–H and O–H groups in total. The van der Waals surface area contributed by atoms with Gasteiger partial charge in [-0.25, -0.2) is 0 Å². The van der Waals surface area contributed by atoms with Crippen molar-refractivity contribution in [3.63, 3.8) is 0 Å². The Balaban J connectivity index is 2.14. The maximum absolute atomic E-state index is 14.4. The van der Waals surface area contributed by atoms with Gasteiger partial charge in [-0.2, -0.15) is 0 Å². The van der Waals surface area contributed by atoms with Crippen LogP contribution < -0.4 is 4.74 Å². The minimum Gasteiger partial charge on any atom is -0.507 e. The number of aliphatic hydroxyl groups excluding tert-OH is 2. The monoisotopic (exact) mass is 907 g/mol. The number of aliphatic hydroxyl groups is 2. The Labute approximate surface area is 398 Å². The van der Waals surface area contributed by atoms with Gasteiger partial charge in [-0.05, 0) is 69.6 Å². The van der Waals surface area contributed by atoms with Crippen molar-refractivity contribution < 1.29 is 34.4 Å². The Morgan fingerprint density at radius 3 is 1.38 bits per heavy atom. The van der Waals surface area contributed by atoms with Crippen molar-refractivity contribution in [3.8, 4) is 11.5 Å². The van der Waals surface area contributed by atoms with Gasteiger partial charge in [0.2, 0.25) is 0 Å². The number of aryl methyl sites for hydroxylation is 1. The molecule has 372 valence electrons. The maximum atomic E-state index is 14.4. The lowest BCUT2D eigenvalue weighted by molar-refractivity contribution is -0.143. The summed E-state index contributed by atoms with van der Waals surface area (Å²) >= 11 is 0. The minimum absolute atomic E-state index is 0.0563. The third kappa shape index (κ3) is 21.7. The maximum Gasteiger partial charge on any atom is 0.311 e. The molecule has 2 aromatic carbocycles. The molecule has 0 saturated carbocycles. The topological polar surface area (TPSA) is 113 Å². The number of carbonyl (C=O) groups excluding carboxylic acids is 2. The van der Waals surface area contributed by atoms with Crippen molar-refractivity contribution >= 4 is 11.9 Å². The molecule has 0 amide bonds. The molecule has 0 radical (unpaired) electrons. The van der Waals surface area contributed by atoms with Crippen LogP contribution >= 0.6 is 0 Å². The Morgan fingerprint density at radius 1 is 0.554 bits per heavy atom. The van der Waals surface area contributed by atoms with Crippen LogP contribution in [0, 0.1) is 0 Å². The van der Waals surface area contributed by atoms with Crippen LogP contribution in [0.1, 0.15) is 271 Å². The summed E-state index contributed by atoms with van der Waals surface area (Å²) in [5, 5.41) is 32.8. The molecule has 0 fully saturated rings. The molecule has 2 unspecified atom stereocenters. The van der Waals surface area contributed by atoms with Gasteiger partial charge >= 0.3 is 11.9 Å². The summed E-state index contributed by atoms with van der Waals surface area (Å²) in [6, 6.07) is 8.09. The largest absolute Gasteiger partial charge is 0.507 e. The standard InChI is InChI=1S/C58H98O7/c1-14-15-16-17-18-19-20-21-22-23-24-25-26-27-28-32-37-64-51(61)35-34-43-38-48(57(8,9)10)54(49(39-43)58(11,12)13)65-52(62)42-45(50(60)33-30-29-31-36-59)44-40-46(55(2,3)4)53(63)47(41-44)56(5,6)7/h38-41,45,50,59-60,63H,14-37,42H2,1-13H3. The number of aromatic hydroxyl groups is 1. The molecule has 65 heavy (non-hydrogen) atoms. The van der Waals surface area contributed by atoms with Gasteiger partial charge < -0.3 is 24.8 Å². The molecule has 0 aliphatic rings. The Morgan fingerprint density at radius 2 is 0.969 bits per heavy atom. The van der Waals surface area contributed by atoms with Crippen LogP contribution in [0.3, 0.4) is 0 Å². The van der Waals surface area contributed by atoms with Gasteiger partial charge in [0.25, 0.3) is 0 Å². The van der Waals surface area contributed by atoms with Gasteiger partial charge in [0, 0.05) is 30.1 Å². The smallest absolute Gasteiger partial charge is 0.311 e. The lowest BCUT2D eigenvalue weighted by Gasteiger charge is -2.32. The van der Waals surface area contributed by atoms with E-state index in [1.54, 1.807) is 0 Å². The number of phenolic OH excluding ortho intramolecular Hbond substituents is 1. The van der Waals surface area contributed by atoms with Crippen molar-refractivity contribution in [1.82, 2.24) is 0 Å². The average molecular weight is 907 g/mol. The fourth-order valence-corrected chi connectivity index (χ4v) is 8.88. The van der Waals surface area contributed by atoms with E-state index in [0.29, 0.717) is 38.0 Å². The SMILES string of the molecule is CCCCCCCCCCCCCCCCCCOC(=O)CCc1cc(C(C)(C)C)c(OC(=O)CC(c2cc(C(C)(C)C)c(O)c(C(C)(C)C)c2)C(O)CCCCCO)c(C(C)(C)C)c1. The Bertz CT molecular complexity index is 1610. The van der Waals surface area contributed by atoms with E-state index >= 15 is 0 Å². The molecule has 7 heteroatoms. The average Bonchev–Trinajstić information content (AvgIpc) is 3.20. The number of benzene rings is 2. The van der Waals surface area contributed by atoms with Gasteiger partial charge in [-0.15, -0.1) is 0 Å². The molecule has 0 saturated heterocycles. The predicted molar refractivity (Wildman–Crippen MR) is 273 cm³/mol. The first kappa shape index (κ1) is 58.2. The van der Waals surface area contributed by atoms with E-state index in [9.17, 15) is 24.9 Å². The summed E-state index contributed by atoms with van der Waals surface area (Å²) < 4.78 is 12.2. The number of unbranched alkanes of at least 4 members (excludes halogenated alkanes) is 17. The zero-order valence-electron chi connectivity index (χ0n) is 44.1. The third-order valence-corrected chi connectivity index (χ3v) is 13.0. The highest BCUT2D eigenvalue weighted by Crippen LogP contribution is 2.44. The van der Waals surface area contributed by atoms with Gasteiger partial charge in [-0.1, -0.05) is 223 Å². The zero-order valence-corrected chi connectivity index (χ0v) is 44.1. The quantitative estimate of drug-likeness (QED) is 0.0406. The van der Waals surface area contributed by atoms with Crippen molar-refractivity contribution in [2.24, 2.45) is 0 Å². The van der Waals surface area contributed by atoms with Crippen molar-refractivity contribution in [2.45, 2.75) is 271 Å². The van der Waals surface area contributed by atoms with E-state index in [0.717, 1.165) is 52.6 Å². The number of esters is 2. The van der Waals surface area contributed by atoms with E-state index in [4.69, 9.17) is 9.47 Å². The van der Waals surface area contributed by atoms with Crippen molar-refractivity contribution in [2.75, 3.05) is 13.2 Å². The van der Waals surface area contributed by atoms with Crippen LogP contribution in [-0.4, -0.2) is 46.6 Å². The molecule has 2 rings (SSSR count). The predicted octanol–water partition coefficient (Wildman–Crippen LogP) is 15.3. The van der Waals surface area contributed by atoms with E-state index in [-0.39, 0.29) is 52.8 Å². The molecule has 2 aromatic rings. The molecule has 7 nitrogen and oxygen atoms in total. The molecule has 0 aliphatic heterocycles. The van der Waals surface area contributed by atoms with Crippen LogP contribution in [0.5, 0.6) is 11.5 Å². The highest BCUT2D eigenvalue weighted by Gasteiger charge is 2.34. The summed E-state index contributed by atoms with van der Waals surface area (Å²) in [6.45, 7) is 27.9.